The van der Waals surface area contributed by atoms with Gasteiger partial charge in [-0.1, -0.05) is 6.07 Å². The van der Waals surface area contributed by atoms with Gasteiger partial charge in [0.25, 0.3) is 0 Å². The number of anilines is 2. The lowest BCUT2D eigenvalue weighted by atomic mass is 10.2. The van der Waals surface area contributed by atoms with E-state index < -0.39 is 0 Å². The Balaban J connectivity index is 2.78. The van der Waals surface area contributed by atoms with Crippen LogP contribution in [0.1, 0.15) is 6.92 Å². The average Bonchev–Trinajstić information content (AvgIpc) is 2.28. The Hall–Kier alpha value is -1.97. The fourth-order valence-electron chi connectivity index (χ4n) is 1.36. The van der Waals surface area contributed by atoms with Crippen LogP contribution in [0.2, 0.25) is 0 Å². The summed E-state index contributed by atoms with van der Waals surface area (Å²) in [4.78, 5) is 13.1. The highest BCUT2D eigenvalue weighted by Crippen LogP contribution is 2.18. The molecule has 4 heteroatoms. The number of nitrogens with one attached hydrogen (secondary N) is 1. The predicted octanol–water partition coefficient (Wildman–Crippen LogP) is 2.24. The second-order valence-corrected chi connectivity index (χ2v) is 3.92. The summed E-state index contributed by atoms with van der Waals surface area (Å²) in [6, 6.07) is 7.93. The Morgan fingerprint density at radius 3 is 2.71 bits per heavy atom. The van der Waals surface area contributed by atoms with Crippen molar-refractivity contribution in [3.05, 3.63) is 36.0 Å². The van der Waals surface area contributed by atoms with Crippen molar-refractivity contribution in [2.75, 3.05) is 31.4 Å². The number of ether oxygens (including phenoxy) is 1. The third-order valence-electron chi connectivity index (χ3n) is 2.24. The number of hydrogen-bond acceptors (Lipinski definition) is 4. The van der Waals surface area contributed by atoms with Gasteiger partial charge in [-0.15, -0.1) is 0 Å². The zero-order valence-electron chi connectivity index (χ0n) is 10.7. The Morgan fingerprint density at radius 2 is 2.12 bits per heavy atom. The molecular formula is C13H18N2O2. The van der Waals surface area contributed by atoms with Crippen molar-refractivity contribution >= 4 is 17.3 Å². The average molecular weight is 234 g/mol. The second-order valence-electron chi connectivity index (χ2n) is 3.92. The van der Waals surface area contributed by atoms with Gasteiger partial charge in [0.05, 0.1) is 7.11 Å². The summed E-state index contributed by atoms with van der Waals surface area (Å²) in [6.07, 6.45) is 1.42. The maximum absolute atomic E-state index is 11.0. The van der Waals surface area contributed by atoms with Gasteiger partial charge in [-0.3, -0.25) is 0 Å². The minimum absolute atomic E-state index is 0.362. The van der Waals surface area contributed by atoms with Gasteiger partial charge in [-0.05, 0) is 25.1 Å². The van der Waals surface area contributed by atoms with Crippen molar-refractivity contribution in [1.29, 1.82) is 0 Å². The summed E-state index contributed by atoms with van der Waals surface area (Å²) in [5.41, 5.74) is 2.78. The van der Waals surface area contributed by atoms with E-state index in [1.165, 1.54) is 13.2 Å². The number of hydrogen-bond donors (Lipinski definition) is 1. The number of rotatable bonds is 4. The van der Waals surface area contributed by atoms with Gasteiger partial charge in [0.1, 0.15) is 0 Å². The van der Waals surface area contributed by atoms with Gasteiger partial charge in [0, 0.05) is 37.2 Å². The normalized spacial score (nSPS) is 10.9. The topological polar surface area (TPSA) is 41.6 Å². The van der Waals surface area contributed by atoms with Crippen LogP contribution in [0.4, 0.5) is 11.4 Å². The molecular weight excluding hydrogens is 216 g/mol. The molecule has 0 fully saturated rings. The monoisotopic (exact) mass is 234 g/mol. The lowest BCUT2D eigenvalue weighted by molar-refractivity contribution is -0.134. The molecule has 0 heterocycles. The van der Waals surface area contributed by atoms with E-state index in [1.807, 2.05) is 50.2 Å². The van der Waals surface area contributed by atoms with Crippen LogP contribution in [0.25, 0.3) is 0 Å². The number of nitrogens with zero attached hydrogens (tertiary/aromatic N) is 1. The highest BCUT2D eigenvalue weighted by Gasteiger charge is 2.00. The van der Waals surface area contributed by atoms with Gasteiger partial charge < -0.3 is 15.0 Å². The summed E-state index contributed by atoms with van der Waals surface area (Å²) in [7, 11) is 5.32. The van der Waals surface area contributed by atoms with E-state index in [4.69, 9.17) is 0 Å². The van der Waals surface area contributed by atoms with Crippen LogP contribution in [-0.4, -0.2) is 27.2 Å². The number of benzene rings is 1. The van der Waals surface area contributed by atoms with E-state index in [2.05, 4.69) is 10.1 Å². The minimum Gasteiger partial charge on any atom is -0.466 e. The third-order valence-corrected chi connectivity index (χ3v) is 2.24. The predicted molar refractivity (Wildman–Crippen MR) is 70.2 cm³/mol. The zero-order chi connectivity index (χ0) is 12.8. The summed E-state index contributed by atoms with van der Waals surface area (Å²) >= 11 is 0. The van der Waals surface area contributed by atoms with E-state index >= 15 is 0 Å². The molecule has 0 spiro atoms. The van der Waals surface area contributed by atoms with Crippen LogP contribution in [0.5, 0.6) is 0 Å². The standard InChI is InChI=1S/C13H18N2O2/c1-10(8-13(16)17-4)14-11-6-5-7-12(9-11)15(2)3/h5-9,14H,1-4H3/b10-8-. The third kappa shape index (κ3) is 4.18. The van der Waals surface area contributed by atoms with E-state index in [0.29, 0.717) is 0 Å². The van der Waals surface area contributed by atoms with Crippen LogP contribution < -0.4 is 10.2 Å². The molecule has 17 heavy (non-hydrogen) atoms. The number of esters is 1. The molecule has 0 unspecified atom stereocenters. The molecule has 0 aliphatic heterocycles. The molecule has 0 bridgehead atoms. The van der Waals surface area contributed by atoms with Crippen LogP contribution in [0.3, 0.4) is 0 Å². The number of carbonyl (C=O) groups excluding carboxylic acids is 1. The number of carbonyl (C=O) groups is 1. The molecule has 0 saturated heterocycles. The smallest absolute Gasteiger partial charge is 0.332 e. The van der Waals surface area contributed by atoms with Gasteiger partial charge in [-0.25, -0.2) is 4.79 Å². The minimum atomic E-state index is -0.362. The highest BCUT2D eigenvalue weighted by atomic mass is 16.5. The largest absolute Gasteiger partial charge is 0.466 e. The van der Waals surface area contributed by atoms with Crippen molar-refractivity contribution in [1.82, 2.24) is 0 Å². The van der Waals surface area contributed by atoms with Crippen molar-refractivity contribution < 1.29 is 9.53 Å². The van der Waals surface area contributed by atoms with Gasteiger partial charge >= 0.3 is 5.97 Å². The number of allylic oxidation sites excluding steroid dienone is 1. The molecule has 0 amide bonds. The second kappa shape index (κ2) is 5.94. The van der Waals surface area contributed by atoms with E-state index in [1.54, 1.807) is 0 Å². The maximum Gasteiger partial charge on any atom is 0.332 e. The lowest BCUT2D eigenvalue weighted by Gasteiger charge is -2.14. The highest BCUT2D eigenvalue weighted by molar-refractivity contribution is 5.83. The first kappa shape index (κ1) is 13.1. The Bertz CT molecular complexity index is 425. The van der Waals surface area contributed by atoms with Crippen LogP contribution in [-0.2, 0) is 9.53 Å². The lowest BCUT2D eigenvalue weighted by Crippen LogP contribution is -2.09. The molecule has 4 nitrogen and oxygen atoms in total. The molecule has 1 aromatic rings. The SMILES string of the molecule is COC(=O)/C=C(/C)Nc1cccc(N(C)C)c1. The molecule has 0 atom stereocenters. The van der Waals surface area contributed by atoms with Crippen LogP contribution in [0, 0.1) is 0 Å². The van der Waals surface area contributed by atoms with E-state index in [-0.39, 0.29) is 5.97 Å². The van der Waals surface area contributed by atoms with E-state index in [9.17, 15) is 4.79 Å². The molecule has 1 rings (SSSR count). The molecule has 0 aliphatic rings. The summed E-state index contributed by atoms with van der Waals surface area (Å²) in [5.74, 6) is -0.362. The molecule has 92 valence electrons. The Kier molecular flexibility index (Phi) is 4.57. The maximum atomic E-state index is 11.0. The van der Waals surface area contributed by atoms with Crippen molar-refractivity contribution in [2.24, 2.45) is 0 Å². The van der Waals surface area contributed by atoms with Crippen LogP contribution >= 0.6 is 0 Å². The van der Waals surface area contributed by atoms with Crippen LogP contribution in [0.15, 0.2) is 36.0 Å². The molecule has 0 saturated carbocycles. The van der Waals surface area contributed by atoms with Gasteiger partial charge in [0.2, 0.25) is 0 Å². The first-order valence-electron chi connectivity index (χ1n) is 5.33. The van der Waals surface area contributed by atoms with Gasteiger partial charge in [-0.2, -0.15) is 0 Å². The van der Waals surface area contributed by atoms with Crippen molar-refractivity contribution in [3.63, 3.8) is 0 Å². The van der Waals surface area contributed by atoms with Crippen molar-refractivity contribution in [2.45, 2.75) is 6.92 Å². The zero-order valence-corrected chi connectivity index (χ0v) is 10.7. The quantitative estimate of drug-likeness (QED) is 0.641. The molecule has 0 radical (unpaired) electrons. The molecule has 0 aliphatic carbocycles. The summed E-state index contributed by atoms with van der Waals surface area (Å²) < 4.78 is 4.56. The molecule has 1 aromatic carbocycles. The fourth-order valence-corrected chi connectivity index (χ4v) is 1.36. The summed E-state index contributed by atoms with van der Waals surface area (Å²) in [5, 5.41) is 3.14. The first-order valence-corrected chi connectivity index (χ1v) is 5.33. The van der Waals surface area contributed by atoms with E-state index in [0.717, 1.165) is 17.1 Å². The Morgan fingerprint density at radius 1 is 1.41 bits per heavy atom. The molecule has 1 N–H and O–H groups in total. The van der Waals surface area contributed by atoms with Crippen molar-refractivity contribution in [3.8, 4) is 0 Å². The summed E-state index contributed by atoms with van der Waals surface area (Å²) in [6.45, 7) is 1.82. The number of methoxy groups -OCH3 is 1. The molecule has 0 aromatic heterocycles. The Labute approximate surface area is 102 Å². The van der Waals surface area contributed by atoms with Gasteiger partial charge in [0.15, 0.2) is 0 Å². The first-order chi connectivity index (χ1) is 8.02. The fraction of sp³-hybridized carbons (Fsp3) is 0.308.